The number of hydrogen-bond donors (Lipinski definition) is 2. The van der Waals surface area contributed by atoms with Gasteiger partial charge >= 0.3 is 0 Å². The molecule has 0 saturated heterocycles. The molecule has 0 aliphatic rings. The molecule has 5 heteroatoms. The van der Waals surface area contributed by atoms with Gasteiger partial charge in [-0.2, -0.15) is 0 Å². The normalized spacial score (nSPS) is 10.8. The van der Waals surface area contributed by atoms with E-state index in [0.29, 0.717) is 11.5 Å². The third-order valence-electron chi connectivity index (χ3n) is 3.78. The molecule has 2 aromatic carbocycles. The quantitative estimate of drug-likeness (QED) is 0.696. The van der Waals surface area contributed by atoms with E-state index in [1.54, 1.807) is 6.07 Å². The minimum atomic E-state index is -0.172. The Hall–Kier alpha value is -2.27. The van der Waals surface area contributed by atoms with Crippen LogP contribution in [0.4, 0.5) is 5.69 Å². The van der Waals surface area contributed by atoms with Crippen molar-refractivity contribution in [3.05, 3.63) is 59.7 Å². The second-order valence-corrected chi connectivity index (χ2v) is 7.76. The number of carbonyl (C=O) groups is 2. The van der Waals surface area contributed by atoms with Crippen molar-refractivity contribution in [2.24, 2.45) is 0 Å². The molecule has 2 amide bonds. The van der Waals surface area contributed by atoms with Crippen molar-refractivity contribution < 1.29 is 9.59 Å². The molecule has 0 aliphatic carbocycles. The molecule has 26 heavy (non-hydrogen) atoms. The first-order chi connectivity index (χ1) is 12.4. The predicted molar refractivity (Wildman–Crippen MR) is 109 cm³/mol. The zero-order valence-corrected chi connectivity index (χ0v) is 16.5. The van der Waals surface area contributed by atoms with Crippen molar-refractivity contribution in [1.82, 2.24) is 5.32 Å². The first kappa shape index (κ1) is 20.0. The van der Waals surface area contributed by atoms with Gasteiger partial charge in [-0.25, -0.2) is 0 Å². The Morgan fingerprint density at radius 2 is 1.62 bits per heavy atom. The van der Waals surface area contributed by atoms with Crippen LogP contribution in [0.2, 0.25) is 0 Å². The molecule has 0 radical (unpaired) electrons. The molecular weight excluding hydrogens is 344 g/mol. The Labute approximate surface area is 159 Å². The fourth-order valence-electron chi connectivity index (χ4n) is 2.44. The number of nitrogens with one attached hydrogen (secondary N) is 2. The summed E-state index contributed by atoms with van der Waals surface area (Å²) in [5, 5.41) is 5.79. The maximum absolute atomic E-state index is 12.7. The molecule has 0 aromatic heterocycles. The van der Waals surface area contributed by atoms with Crippen LogP contribution in [0.1, 0.15) is 49.5 Å². The number of rotatable bonds is 7. The molecule has 0 atom stereocenters. The average Bonchev–Trinajstić information content (AvgIpc) is 2.60. The van der Waals surface area contributed by atoms with Gasteiger partial charge < -0.3 is 10.6 Å². The Morgan fingerprint density at radius 1 is 0.962 bits per heavy atom. The van der Waals surface area contributed by atoms with Crippen LogP contribution in [0.15, 0.2) is 53.4 Å². The van der Waals surface area contributed by atoms with Crippen LogP contribution in [-0.4, -0.2) is 23.6 Å². The van der Waals surface area contributed by atoms with Gasteiger partial charge in [-0.3, -0.25) is 9.59 Å². The van der Waals surface area contributed by atoms with E-state index in [-0.39, 0.29) is 23.6 Å². The van der Waals surface area contributed by atoms with E-state index in [2.05, 4.69) is 24.5 Å². The lowest BCUT2D eigenvalue weighted by molar-refractivity contribution is -0.119. The number of carbonyl (C=O) groups excluding carboxylic acids is 2. The smallest absolute Gasteiger partial charge is 0.256 e. The molecule has 2 aromatic rings. The van der Waals surface area contributed by atoms with Crippen LogP contribution in [0.5, 0.6) is 0 Å². The maximum Gasteiger partial charge on any atom is 0.256 e. The molecule has 0 spiro atoms. The minimum Gasteiger partial charge on any atom is -0.353 e. The molecule has 0 saturated carbocycles. The van der Waals surface area contributed by atoms with E-state index >= 15 is 0 Å². The standard InChI is InChI=1S/C21H26N2O2S/c1-14(2)16-9-11-17(12-10-16)23-21(25)18-7-5-6-8-19(18)26-13-20(24)22-15(3)4/h5-12,14-15H,13H2,1-4H3,(H,22,24)(H,23,25). The summed E-state index contributed by atoms with van der Waals surface area (Å²) >= 11 is 1.37. The lowest BCUT2D eigenvalue weighted by Crippen LogP contribution is -2.31. The molecule has 2 N–H and O–H groups in total. The molecule has 2 rings (SSSR count). The minimum absolute atomic E-state index is 0.0375. The monoisotopic (exact) mass is 370 g/mol. The van der Waals surface area contributed by atoms with Crippen LogP contribution in [-0.2, 0) is 4.79 Å². The van der Waals surface area contributed by atoms with Gasteiger partial charge in [0.2, 0.25) is 5.91 Å². The number of hydrogen-bond acceptors (Lipinski definition) is 3. The highest BCUT2D eigenvalue weighted by molar-refractivity contribution is 8.00. The summed E-state index contributed by atoms with van der Waals surface area (Å²) in [5.41, 5.74) is 2.56. The van der Waals surface area contributed by atoms with Gasteiger partial charge in [0, 0.05) is 16.6 Å². The van der Waals surface area contributed by atoms with Crippen LogP contribution in [0, 0.1) is 0 Å². The van der Waals surface area contributed by atoms with Gasteiger partial charge in [0.15, 0.2) is 0 Å². The molecule has 0 aliphatic heterocycles. The number of benzene rings is 2. The van der Waals surface area contributed by atoms with E-state index in [4.69, 9.17) is 0 Å². The van der Waals surface area contributed by atoms with E-state index in [1.807, 2.05) is 56.3 Å². The summed E-state index contributed by atoms with van der Waals surface area (Å²) in [5.74, 6) is 0.527. The van der Waals surface area contributed by atoms with E-state index < -0.39 is 0 Å². The maximum atomic E-state index is 12.7. The summed E-state index contributed by atoms with van der Waals surface area (Å²) in [6, 6.07) is 15.3. The Balaban J connectivity index is 2.05. The molecule has 0 unspecified atom stereocenters. The van der Waals surface area contributed by atoms with E-state index in [1.165, 1.54) is 17.3 Å². The summed E-state index contributed by atoms with van der Waals surface area (Å²) in [4.78, 5) is 25.3. The van der Waals surface area contributed by atoms with E-state index in [9.17, 15) is 9.59 Å². The lowest BCUT2D eigenvalue weighted by atomic mass is 10.0. The first-order valence-corrected chi connectivity index (χ1v) is 9.78. The Bertz CT molecular complexity index is 755. The van der Waals surface area contributed by atoms with Gasteiger partial charge in [-0.15, -0.1) is 11.8 Å². The van der Waals surface area contributed by atoms with Gasteiger partial charge in [-0.1, -0.05) is 38.1 Å². The van der Waals surface area contributed by atoms with Gasteiger partial charge in [-0.05, 0) is 49.6 Å². The van der Waals surface area contributed by atoms with E-state index in [0.717, 1.165) is 10.6 Å². The molecule has 4 nitrogen and oxygen atoms in total. The molecule has 138 valence electrons. The molecular formula is C21H26N2O2S. The number of anilines is 1. The zero-order valence-electron chi connectivity index (χ0n) is 15.7. The number of amides is 2. The Morgan fingerprint density at radius 3 is 2.23 bits per heavy atom. The second kappa shape index (κ2) is 9.43. The van der Waals surface area contributed by atoms with Crippen LogP contribution < -0.4 is 10.6 Å². The fourth-order valence-corrected chi connectivity index (χ4v) is 3.30. The Kier molecular flexibility index (Phi) is 7.27. The average molecular weight is 371 g/mol. The molecule has 0 fully saturated rings. The van der Waals surface area contributed by atoms with Crippen molar-refractivity contribution >= 4 is 29.3 Å². The topological polar surface area (TPSA) is 58.2 Å². The third-order valence-corrected chi connectivity index (χ3v) is 4.85. The lowest BCUT2D eigenvalue weighted by Gasteiger charge is -2.12. The highest BCUT2D eigenvalue weighted by atomic mass is 32.2. The van der Waals surface area contributed by atoms with Gasteiger partial charge in [0.05, 0.1) is 11.3 Å². The van der Waals surface area contributed by atoms with Crippen molar-refractivity contribution in [1.29, 1.82) is 0 Å². The molecule has 0 bridgehead atoms. The van der Waals surface area contributed by atoms with Crippen LogP contribution in [0.25, 0.3) is 0 Å². The van der Waals surface area contributed by atoms with Crippen molar-refractivity contribution in [3.8, 4) is 0 Å². The van der Waals surface area contributed by atoms with Crippen LogP contribution in [0.3, 0.4) is 0 Å². The second-order valence-electron chi connectivity index (χ2n) is 6.74. The van der Waals surface area contributed by atoms with Gasteiger partial charge in [0.1, 0.15) is 0 Å². The van der Waals surface area contributed by atoms with Crippen molar-refractivity contribution in [3.63, 3.8) is 0 Å². The highest BCUT2D eigenvalue weighted by Crippen LogP contribution is 2.24. The molecule has 0 heterocycles. The highest BCUT2D eigenvalue weighted by Gasteiger charge is 2.13. The predicted octanol–water partition coefficient (Wildman–Crippen LogP) is 4.68. The summed E-state index contributed by atoms with van der Waals surface area (Å²) in [7, 11) is 0. The summed E-state index contributed by atoms with van der Waals surface area (Å²) < 4.78 is 0. The summed E-state index contributed by atoms with van der Waals surface area (Å²) in [6.07, 6.45) is 0. The number of thioether (sulfide) groups is 1. The fraction of sp³-hybridized carbons (Fsp3) is 0.333. The zero-order chi connectivity index (χ0) is 19.1. The van der Waals surface area contributed by atoms with Gasteiger partial charge in [0.25, 0.3) is 5.91 Å². The summed E-state index contributed by atoms with van der Waals surface area (Å²) in [6.45, 7) is 8.12. The largest absolute Gasteiger partial charge is 0.353 e. The third kappa shape index (κ3) is 5.92. The van der Waals surface area contributed by atoms with Crippen LogP contribution >= 0.6 is 11.8 Å². The van der Waals surface area contributed by atoms with Crippen molar-refractivity contribution in [2.75, 3.05) is 11.1 Å². The SMILES string of the molecule is CC(C)NC(=O)CSc1ccccc1C(=O)Nc1ccc(C(C)C)cc1. The van der Waals surface area contributed by atoms with Crippen molar-refractivity contribution in [2.45, 2.75) is 44.6 Å². The first-order valence-electron chi connectivity index (χ1n) is 8.79.